The van der Waals surface area contributed by atoms with Gasteiger partial charge in [0.25, 0.3) is 0 Å². The smallest absolute Gasteiger partial charge is 0.334 e. The topological polar surface area (TPSA) is 68.2 Å². The largest absolute Gasteiger partial charge is 0.493 e. The third-order valence-corrected chi connectivity index (χ3v) is 3.66. The highest BCUT2D eigenvalue weighted by Gasteiger charge is 2.26. The van der Waals surface area contributed by atoms with E-state index in [0.29, 0.717) is 31.2 Å². The van der Waals surface area contributed by atoms with Crippen molar-refractivity contribution in [3.63, 3.8) is 0 Å². The normalized spacial score (nSPS) is 19.3. The molecule has 0 amide bonds. The zero-order valence-electron chi connectivity index (χ0n) is 12.6. The Hall–Kier alpha value is -1.79. The maximum absolute atomic E-state index is 11.0. The minimum atomic E-state index is -0.913. The lowest BCUT2D eigenvalue weighted by molar-refractivity contribution is -0.156. The number of aliphatic carboxylic acids is 1. The summed E-state index contributed by atoms with van der Waals surface area (Å²) in [7, 11) is 3.21. The first-order chi connectivity index (χ1) is 10.0. The minimum absolute atomic E-state index is 0.392. The van der Waals surface area contributed by atoms with Gasteiger partial charge in [0.15, 0.2) is 17.6 Å². The molecule has 0 radical (unpaired) electrons. The number of morpholine rings is 1. The third kappa shape index (κ3) is 3.65. The SMILES string of the molecule is COc1cc(C)c(CN2CCOC(C(=O)O)C2)cc1OC. The molecule has 1 fully saturated rings. The van der Waals surface area contributed by atoms with Gasteiger partial charge < -0.3 is 19.3 Å². The summed E-state index contributed by atoms with van der Waals surface area (Å²) in [5, 5.41) is 9.04. The van der Waals surface area contributed by atoms with Gasteiger partial charge in [-0.05, 0) is 30.2 Å². The Morgan fingerprint density at radius 3 is 2.67 bits per heavy atom. The Kier molecular flexibility index (Phi) is 5.03. The summed E-state index contributed by atoms with van der Waals surface area (Å²) in [4.78, 5) is 13.1. The van der Waals surface area contributed by atoms with Gasteiger partial charge in [0, 0.05) is 19.6 Å². The highest BCUT2D eigenvalue weighted by Crippen LogP contribution is 2.31. The number of ether oxygens (including phenoxy) is 3. The molecule has 2 rings (SSSR count). The predicted octanol–water partition coefficient (Wildman–Crippen LogP) is 1.30. The van der Waals surface area contributed by atoms with Crippen molar-refractivity contribution in [3.8, 4) is 11.5 Å². The molecular formula is C15H21NO5. The van der Waals surface area contributed by atoms with E-state index in [1.54, 1.807) is 14.2 Å². The van der Waals surface area contributed by atoms with Crippen LogP contribution in [0.5, 0.6) is 11.5 Å². The summed E-state index contributed by atoms with van der Waals surface area (Å²) in [5.74, 6) is 0.467. The fraction of sp³-hybridized carbons (Fsp3) is 0.533. The van der Waals surface area contributed by atoms with Crippen molar-refractivity contribution >= 4 is 5.97 Å². The number of carbonyl (C=O) groups is 1. The lowest BCUT2D eigenvalue weighted by Crippen LogP contribution is -2.45. The van der Waals surface area contributed by atoms with E-state index < -0.39 is 12.1 Å². The molecule has 0 spiro atoms. The van der Waals surface area contributed by atoms with Gasteiger partial charge in [0.1, 0.15) is 0 Å². The summed E-state index contributed by atoms with van der Waals surface area (Å²) < 4.78 is 15.8. The lowest BCUT2D eigenvalue weighted by Gasteiger charge is -2.31. The van der Waals surface area contributed by atoms with E-state index in [-0.39, 0.29) is 0 Å². The molecule has 1 N–H and O–H groups in total. The van der Waals surface area contributed by atoms with Crippen LogP contribution in [0.4, 0.5) is 0 Å². The second-order valence-corrected chi connectivity index (χ2v) is 5.07. The van der Waals surface area contributed by atoms with Crippen LogP contribution in [0, 0.1) is 6.92 Å². The Balaban J connectivity index is 2.13. The van der Waals surface area contributed by atoms with Crippen LogP contribution in [0.1, 0.15) is 11.1 Å². The van der Waals surface area contributed by atoms with Crippen molar-refractivity contribution in [2.75, 3.05) is 33.9 Å². The van der Waals surface area contributed by atoms with Crippen molar-refractivity contribution in [2.45, 2.75) is 19.6 Å². The second kappa shape index (κ2) is 6.78. The average molecular weight is 295 g/mol. The summed E-state index contributed by atoms with van der Waals surface area (Å²) in [6, 6.07) is 3.88. The molecule has 1 saturated heterocycles. The molecule has 0 aromatic heterocycles. The molecular weight excluding hydrogens is 274 g/mol. The van der Waals surface area contributed by atoms with Gasteiger partial charge in [0.05, 0.1) is 20.8 Å². The molecule has 0 aliphatic carbocycles. The van der Waals surface area contributed by atoms with Crippen LogP contribution in [-0.2, 0) is 16.1 Å². The number of nitrogens with zero attached hydrogens (tertiary/aromatic N) is 1. The van der Waals surface area contributed by atoms with Crippen LogP contribution in [-0.4, -0.2) is 56.0 Å². The van der Waals surface area contributed by atoms with Crippen LogP contribution < -0.4 is 9.47 Å². The summed E-state index contributed by atoms with van der Waals surface area (Å²) in [6.07, 6.45) is -0.751. The van der Waals surface area contributed by atoms with Gasteiger partial charge in [-0.3, -0.25) is 4.90 Å². The van der Waals surface area contributed by atoms with Crippen LogP contribution >= 0.6 is 0 Å². The molecule has 1 unspecified atom stereocenters. The number of carboxylic acid groups (broad SMARTS) is 1. The van der Waals surface area contributed by atoms with E-state index in [9.17, 15) is 4.79 Å². The lowest BCUT2D eigenvalue weighted by atomic mass is 10.1. The molecule has 1 aliphatic rings. The fourth-order valence-electron chi connectivity index (χ4n) is 2.43. The van der Waals surface area contributed by atoms with Gasteiger partial charge in [-0.25, -0.2) is 4.79 Å². The Morgan fingerprint density at radius 1 is 1.38 bits per heavy atom. The van der Waals surface area contributed by atoms with Crippen LogP contribution in [0.2, 0.25) is 0 Å². The first-order valence-electron chi connectivity index (χ1n) is 6.83. The van der Waals surface area contributed by atoms with Gasteiger partial charge >= 0.3 is 5.97 Å². The average Bonchev–Trinajstić information content (AvgIpc) is 2.49. The molecule has 21 heavy (non-hydrogen) atoms. The monoisotopic (exact) mass is 295 g/mol. The summed E-state index contributed by atoms with van der Waals surface area (Å²) in [5.41, 5.74) is 2.18. The molecule has 0 saturated carbocycles. The molecule has 0 bridgehead atoms. The van der Waals surface area contributed by atoms with Gasteiger partial charge in [-0.15, -0.1) is 0 Å². The number of methoxy groups -OCH3 is 2. The van der Waals surface area contributed by atoms with Crippen LogP contribution in [0.25, 0.3) is 0 Å². The van der Waals surface area contributed by atoms with Gasteiger partial charge in [-0.1, -0.05) is 0 Å². The molecule has 1 atom stereocenters. The first kappa shape index (κ1) is 15.6. The number of aryl methyl sites for hydroxylation is 1. The fourth-order valence-corrected chi connectivity index (χ4v) is 2.43. The molecule has 1 aromatic rings. The van der Waals surface area contributed by atoms with Gasteiger partial charge in [0.2, 0.25) is 0 Å². The number of rotatable bonds is 5. The Bertz CT molecular complexity index is 517. The van der Waals surface area contributed by atoms with Crippen molar-refractivity contribution in [2.24, 2.45) is 0 Å². The second-order valence-electron chi connectivity index (χ2n) is 5.07. The van der Waals surface area contributed by atoms with Crippen molar-refractivity contribution in [1.82, 2.24) is 4.90 Å². The van der Waals surface area contributed by atoms with Gasteiger partial charge in [-0.2, -0.15) is 0 Å². The molecule has 6 heteroatoms. The number of benzene rings is 1. The number of hydrogen-bond acceptors (Lipinski definition) is 5. The maximum atomic E-state index is 11.0. The van der Waals surface area contributed by atoms with E-state index in [2.05, 4.69) is 4.90 Å². The van der Waals surface area contributed by atoms with Crippen LogP contribution in [0.3, 0.4) is 0 Å². The molecule has 1 aliphatic heterocycles. The standard InChI is InChI=1S/C15H21NO5/c1-10-6-12(19-2)13(20-3)7-11(10)8-16-4-5-21-14(9-16)15(17)18/h6-7,14H,4-5,8-9H2,1-3H3,(H,17,18). The van der Waals surface area contributed by atoms with Crippen molar-refractivity contribution < 1.29 is 24.1 Å². The third-order valence-electron chi connectivity index (χ3n) is 3.66. The molecule has 1 aromatic carbocycles. The zero-order valence-corrected chi connectivity index (χ0v) is 12.6. The Morgan fingerprint density at radius 2 is 2.05 bits per heavy atom. The molecule has 6 nitrogen and oxygen atoms in total. The van der Waals surface area contributed by atoms with E-state index in [0.717, 1.165) is 17.7 Å². The highest BCUT2D eigenvalue weighted by atomic mass is 16.5. The number of hydrogen-bond donors (Lipinski definition) is 1. The molecule has 1 heterocycles. The Labute approximate surface area is 124 Å². The maximum Gasteiger partial charge on any atom is 0.334 e. The van der Waals surface area contributed by atoms with E-state index in [1.165, 1.54) is 0 Å². The highest BCUT2D eigenvalue weighted by molar-refractivity contribution is 5.72. The zero-order chi connectivity index (χ0) is 15.4. The quantitative estimate of drug-likeness (QED) is 0.883. The minimum Gasteiger partial charge on any atom is -0.493 e. The number of carboxylic acids is 1. The first-order valence-corrected chi connectivity index (χ1v) is 6.83. The van der Waals surface area contributed by atoms with E-state index in [4.69, 9.17) is 19.3 Å². The van der Waals surface area contributed by atoms with Crippen molar-refractivity contribution in [3.05, 3.63) is 23.3 Å². The van der Waals surface area contributed by atoms with E-state index >= 15 is 0 Å². The predicted molar refractivity (Wildman–Crippen MR) is 76.9 cm³/mol. The van der Waals surface area contributed by atoms with Crippen LogP contribution in [0.15, 0.2) is 12.1 Å². The molecule has 116 valence electrons. The summed E-state index contributed by atoms with van der Waals surface area (Å²) in [6.45, 7) is 4.22. The summed E-state index contributed by atoms with van der Waals surface area (Å²) >= 11 is 0. The van der Waals surface area contributed by atoms with E-state index in [1.807, 2.05) is 19.1 Å². The van der Waals surface area contributed by atoms with Crippen molar-refractivity contribution in [1.29, 1.82) is 0 Å².